The number of rotatable bonds is 10. The molecule has 0 aliphatic rings. The van der Waals surface area contributed by atoms with Crippen molar-refractivity contribution >= 4 is 11.4 Å². The van der Waals surface area contributed by atoms with Crippen molar-refractivity contribution in [1.82, 2.24) is 19.4 Å². The first-order valence-electron chi connectivity index (χ1n) is 11.7. The van der Waals surface area contributed by atoms with Crippen molar-refractivity contribution in [2.75, 3.05) is 13.2 Å². The highest BCUT2D eigenvalue weighted by molar-refractivity contribution is 5.96. The van der Waals surface area contributed by atoms with Crippen LogP contribution in [0.3, 0.4) is 0 Å². The van der Waals surface area contributed by atoms with Crippen molar-refractivity contribution in [1.29, 1.82) is 5.41 Å². The molecule has 0 atom stereocenters. The van der Waals surface area contributed by atoms with E-state index in [1.54, 1.807) is 12.1 Å². The Labute approximate surface area is 205 Å². The van der Waals surface area contributed by atoms with Crippen LogP contribution in [0.5, 0.6) is 17.4 Å². The van der Waals surface area contributed by atoms with E-state index in [0.717, 1.165) is 5.56 Å². The highest BCUT2D eigenvalue weighted by atomic mass is 16.5. The van der Waals surface area contributed by atoms with Crippen molar-refractivity contribution in [3.63, 3.8) is 0 Å². The molecule has 10 nitrogen and oxygen atoms in total. The number of ketones is 1. The lowest BCUT2D eigenvalue weighted by Gasteiger charge is -2.21. The number of aliphatic hydroxyl groups is 1. The van der Waals surface area contributed by atoms with E-state index in [2.05, 4.69) is 10.2 Å². The van der Waals surface area contributed by atoms with E-state index in [1.165, 1.54) is 9.20 Å². The molecular weight excluding hydrogens is 450 g/mol. The smallest absolute Gasteiger partial charge is 0.242 e. The van der Waals surface area contributed by atoms with Gasteiger partial charge in [-0.25, -0.2) is 4.68 Å². The van der Waals surface area contributed by atoms with Gasteiger partial charge in [0.25, 0.3) is 0 Å². The Balaban J connectivity index is 2.02. The minimum absolute atomic E-state index is 0.0834. The highest BCUT2D eigenvalue weighted by Crippen LogP contribution is 2.28. The standard InChI is InChI=1S/C25H35N5O5/c1-15(2)34-21-13-22(35-16(3)4)27-30-23(21)28-29(24(30)26)14-20(32)17-10-18(25(5,6)7)12-19(11-17)33-9-8-31/h10-13,15-16,26,31H,8-9,14H2,1-7H3. The Bertz CT molecular complexity index is 1250. The fourth-order valence-corrected chi connectivity index (χ4v) is 3.38. The summed E-state index contributed by atoms with van der Waals surface area (Å²) in [7, 11) is 0. The minimum atomic E-state index is -0.239. The Morgan fingerprint density at radius 3 is 2.34 bits per heavy atom. The first-order valence-corrected chi connectivity index (χ1v) is 11.7. The average molecular weight is 486 g/mol. The second kappa shape index (κ2) is 10.5. The molecule has 0 fully saturated rings. The van der Waals surface area contributed by atoms with Crippen LogP contribution in [0.4, 0.5) is 0 Å². The largest absolute Gasteiger partial charge is 0.491 e. The van der Waals surface area contributed by atoms with E-state index in [0.29, 0.717) is 28.6 Å². The third-order valence-electron chi connectivity index (χ3n) is 5.00. The highest BCUT2D eigenvalue weighted by Gasteiger charge is 2.21. The van der Waals surface area contributed by atoms with Crippen LogP contribution in [0.1, 0.15) is 64.4 Å². The molecule has 1 aromatic carbocycles. The van der Waals surface area contributed by atoms with Crippen molar-refractivity contribution in [3.05, 3.63) is 41.0 Å². The maximum absolute atomic E-state index is 13.3. The van der Waals surface area contributed by atoms with Crippen LogP contribution in [0.15, 0.2) is 24.3 Å². The van der Waals surface area contributed by atoms with Gasteiger partial charge in [0.05, 0.1) is 18.8 Å². The van der Waals surface area contributed by atoms with Gasteiger partial charge in [-0.05, 0) is 56.9 Å². The first kappa shape index (κ1) is 26.2. The topological polar surface area (TPSA) is 124 Å². The molecular formula is C25H35N5O5. The normalized spacial score (nSPS) is 11.9. The quantitative estimate of drug-likeness (QED) is 0.423. The lowest BCUT2D eigenvalue weighted by Crippen LogP contribution is -2.26. The second-order valence-corrected chi connectivity index (χ2v) is 9.89. The van der Waals surface area contributed by atoms with E-state index in [9.17, 15) is 4.79 Å². The van der Waals surface area contributed by atoms with Crippen LogP contribution in [0.2, 0.25) is 0 Å². The fourth-order valence-electron chi connectivity index (χ4n) is 3.38. The number of ether oxygens (including phenoxy) is 3. The molecule has 35 heavy (non-hydrogen) atoms. The summed E-state index contributed by atoms with van der Waals surface area (Å²) >= 11 is 0. The van der Waals surface area contributed by atoms with Crippen molar-refractivity contribution in [2.24, 2.45) is 0 Å². The molecule has 190 valence electrons. The van der Waals surface area contributed by atoms with Crippen LogP contribution >= 0.6 is 0 Å². The molecule has 0 aliphatic heterocycles. The molecule has 10 heteroatoms. The molecule has 0 amide bonds. The van der Waals surface area contributed by atoms with Gasteiger partial charge < -0.3 is 19.3 Å². The monoisotopic (exact) mass is 485 g/mol. The van der Waals surface area contributed by atoms with Crippen molar-refractivity contribution in [3.8, 4) is 17.4 Å². The van der Waals surface area contributed by atoms with Gasteiger partial charge in [-0.3, -0.25) is 10.2 Å². The molecule has 0 spiro atoms. The summed E-state index contributed by atoms with van der Waals surface area (Å²) in [4.78, 5) is 13.3. The Kier molecular flexibility index (Phi) is 7.84. The summed E-state index contributed by atoms with van der Waals surface area (Å²) in [6, 6.07) is 6.99. The van der Waals surface area contributed by atoms with Gasteiger partial charge >= 0.3 is 0 Å². The molecule has 0 radical (unpaired) electrons. The second-order valence-electron chi connectivity index (χ2n) is 9.89. The van der Waals surface area contributed by atoms with Crippen LogP contribution in [0, 0.1) is 5.41 Å². The summed E-state index contributed by atoms with van der Waals surface area (Å²) in [5, 5.41) is 26.5. The molecule has 2 N–H and O–H groups in total. The first-order chi connectivity index (χ1) is 16.4. The molecule has 3 rings (SSSR count). The maximum Gasteiger partial charge on any atom is 0.242 e. The number of aromatic nitrogens is 4. The predicted molar refractivity (Wildman–Crippen MR) is 130 cm³/mol. The van der Waals surface area contributed by atoms with E-state index in [4.69, 9.17) is 24.7 Å². The SMILES string of the molecule is CC(C)Oc1cc(OC(C)C)c2nn(CC(=O)c3cc(OCCO)cc(C(C)(C)C)c3)c(=N)n2n1. The number of hydrogen-bond donors (Lipinski definition) is 2. The lowest BCUT2D eigenvalue weighted by molar-refractivity contribution is 0.0964. The number of fused-ring (bicyclic) bond motifs is 1. The summed E-state index contributed by atoms with van der Waals surface area (Å²) in [6.45, 7) is 13.5. The van der Waals surface area contributed by atoms with Gasteiger partial charge in [-0.1, -0.05) is 20.8 Å². The molecule has 2 aromatic heterocycles. The van der Waals surface area contributed by atoms with Gasteiger partial charge in [0.2, 0.25) is 17.1 Å². The van der Waals surface area contributed by atoms with E-state index in [-0.39, 0.29) is 48.8 Å². The molecule has 3 aromatic rings. The Morgan fingerprint density at radius 2 is 1.74 bits per heavy atom. The van der Waals surface area contributed by atoms with E-state index in [1.807, 2.05) is 60.6 Å². The summed E-state index contributed by atoms with van der Waals surface area (Å²) < 4.78 is 19.8. The van der Waals surface area contributed by atoms with Gasteiger partial charge in [0, 0.05) is 11.6 Å². The molecule has 0 saturated carbocycles. The van der Waals surface area contributed by atoms with Crippen LogP contribution < -0.4 is 19.8 Å². The molecule has 0 saturated heterocycles. The van der Waals surface area contributed by atoms with Gasteiger partial charge in [-0.2, -0.15) is 4.52 Å². The van der Waals surface area contributed by atoms with Crippen molar-refractivity contribution < 1.29 is 24.1 Å². The zero-order valence-corrected chi connectivity index (χ0v) is 21.5. The number of Topliss-reactive ketones (excluding diaryl/α,β-unsaturated/α-hetero) is 1. The number of benzene rings is 1. The summed E-state index contributed by atoms with van der Waals surface area (Å²) in [6.07, 6.45) is -0.248. The molecule has 0 bridgehead atoms. The van der Waals surface area contributed by atoms with Crippen LogP contribution in [-0.4, -0.2) is 55.7 Å². The van der Waals surface area contributed by atoms with E-state index < -0.39 is 0 Å². The van der Waals surface area contributed by atoms with Gasteiger partial charge in [0.15, 0.2) is 11.5 Å². The molecule has 0 aliphatic carbocycles. The third kappa shape index (κ3) is 6.39. The van der Waals surface area contributed by atoms with Gasteiger partial charge in [0.1, 0.15) is 18.9 Å². The number of nitrogens with one attached hydrogen (secondary N) is 1. The van der Waals surface area contributed by atoms with Crippen LogP contribution in [-0.2, 0) is 12.0 Å². The maximum atomic E-state index is 13.3. The number of carbonyl (C=O) groups excluding carboxylic acids is 1. The Hall–Kier alpha value is -3.40. The average Bonchev–Trinajstić information content (AvgIpc) is 3.06. The minimum Gasteiger partial charge on any atom is -0.491 e. The van der Waals surface area contributed by atoms with E-state index >= 15 is 0 Å². The zero-order valence-electron chi connectivity index (χ0n) is 21.5. The number of aliphatic hydroxyl groups excluding tert-OH is 1. The number of nitrogens with zero attached hydrogens (tertiary/aromatic N) is 4. The number of carbonyl (C=O) groups is 1. The van der Waals surface area contributed by atoms with Crippen LogP contribution in [0.25, 0.3) is 5.65 Å². The lowest BCUT2D eigenvalue weighted by atomic mass is 9.85. The summed E-state index contributed by atoms with van der Waals surface area (Å²) in [5.74, 6) is 0.985. The molecule has 2 heterocycles. The predicted octanol–water partition coefficient (Wildman–Crippen LogP) is 3.14. The van der Waals surface area contributed by atoms with Gasteiger partial charge in [-0.15, -0.1) is 10.2 Å². The molecule has 0 unspecified atom stereocenters. The Morgan fingerprint density at radius 1 is 1.06 bits per heavy atom. The van der Waals surface area contributed by atoms with Crippen molar-refractivity contribution in [2.45, 2.75) is 72.6 Å². The summed E-state index contributed by atoms with van der Waals surface area (Å²) in [5.41, 5.74) is 1.38. The third-order valence-corrected chi connectivity index (χ3v) is 5.00. The number of hydrogen-bond acceptors (Lipinski definition) is 8. The zero-order chi connectivity index (χ0) is 25.9. The fraction of sp³-hybridized carbons (Fsp3) is 0.520.